The number of rotatable bonds is 6. The molecule has 1 fully saturated rings. The van der Waals surface area contributed by atoms with Crippen LogP contribution in [0.15, 0.2) is 31.1 Å². The number of aryl methyl sites for hydroxylation is 1. The Morgan fingerprint density at radius 3 is 3.18 bits per heavy atom. The molecule has 4 rings (SSSR count). The summed E-state index contributed by atoms with van der Waals surface area (Å²) in [5, 5.41) is 7.29. The van der Waals surface area contributed by atoms with Crippen molar-refractivity contribution in [1.29, 1.82) is 0 Å². The average molecular weight is 382 g/mol. The van der Waals surface area contributed by atoms with Gasteiger partial charge in [0.25, 0.3) is 0 Å². The van der Waals surface area contributed by atoms with Crippen molar-refractivity contribution < 1.29 is 14.3 Å². The fraction of sp³-hybridized carbons (Fsp3) is 0.368. The number of nitrogens with one attached hydrogen (secondary N) is 1. The second kappa shape index (κ2) is 7.81. The number of fused-ring (bicyclic) bond motifs is 1. The minimum absolute atomic E-state index is 0.0953. The van der Waals surface area contributed by atoms with Gasteiger partial charge >= 0.3 is 0 Å². The highest BCUT2D eigenvalue weighted by molar-refractivity contribution is 5.87. The van der Waals surface area contributed by atoms with Crippen LogP contribution in [0.5, 0.6) is 5.88 Å². The van der Waals surface area contributed by atoms with Crippen LogP contribution in [0.3, 0.4) is 0 Å². The van der Waals surface area contributed by atoms with Gasteiger partial charge in [-0.2, -0.15) is 10.1 Å². The van der Waals surface area contributed by atoms with Crippen molar-refractivity contribution in [1.82, 2.24) is 24.6 Å². The van der Waals surface area contributed by atoms with E-state index in [1.54, 1.807) is 15.8 Å². The minimum Gasteiger partial charge on any atom is -0.474 e. The number of morpholine rings is 1. The summed E-state index contributed by atoms with van der Waals surface area (Å²) < 4.78 is 13.4. The third-order valence-corrected chi connectivity index (χ3v) is 4.58. The van der Waals surface area contributed by atoms with E-state index in [2.05, 4.69) is 27.0 Å². The molecule has 2 aliphatic rings. The maximum atomic E-state index is 11.8. The highest BCUT2D eigenvalue weighted by Gasteiger charge is 2.25. The summed E-state index contributed by atoms with van der Waals surface area (Å²) in [6.07, 6.45) is 9.38. The number of ether oxygens (including phenoxy) is 2. The van der Waals surface area contributed by atoms with Gasteiger partial charge in [-0.15, -0.1) is 0 Å². The first-order chi connectivity index (χ1) is 13.6. The Bertz CT molecular complexity index is 922. The normalized spacial score (nSPS) is 18.0. The molecule has 146 valence electrons. The Kier molecular flexibility index (Phi) is 5.07. The van der Waals surface area contributed by atoms with Crippen LogP contribution in [-0.4, -0.2) is 63.0 Å². The van der Waals surface area contributed by atoms with Crippen molar-refractivity contribution in [2.45, 2.75) is 12.5 Å². The second-order valence-electron chi connectivity index (χ2n) is 6.64. The maximum Gasteiger partial charge on any atom is 0.246 e. The summed E-state index contributed by atoms with van der Waals surface area (Å²) >= 11 is 0. The standard InChI is InChI=1S/C19H22N6O3/c1-3-17(26)25-7-8-27-14(11-25)12-28-18-15-5-4-6-16(15)22-19(23-18)21-13-9-20-24(2)10-13/h3-5,9-10,14H,1,6-8,11-12H2,2H3,(H,21,22,23)/t14-/m1/s1. The summed E-state index contributed by atoms with van der Waals surface area (Å²) in [7, 11) is 1.84. The molecule has 0 spiro atoms. The van der Waals surface area contributed by atoms with E-state index in [0.29, 0.717) is 38.1 Å². The van der Waals surface area contributed by atoms with E-state index in [9.17, 15) is 4.79 Å². The number of carbonyl (C=O) groups excluding carboxylic acids is 1. The lowest BCUT2D eigenvalue weighted by Crippen LogP contribution is -2.47. The molecule has 1 amide bonds. The fourth-order valence-corrected chi connectivity index (χ4v) is 3.21. The molecule has 0 aromatic carbocycles. The van der Waals surface area contributed by atoms with Gasteiger partial charge in [0, 0.05) is 26.2 Å². The first-order valence-corrected chi connectivity index (χ1v) is 9.11. The van der Waals surface area contributed by atoms with Crippen LogP contribution < -0.4 is 10.1 Å². The lowest BCUT2D eigenvalue weighted by atomic mass is 10.2. The molecule has 28 heavy (non-hydrogen) atoms. The van der Waals surface area contributed by atoms with Crippen LogP contribution in [0.1, 0.15) is 11.3 Å². The number of nitrogens with zero attached hydrogens (tertiary/aromatic N) is 5. The van der Waals surface area contributed by atoms with Crippen molar-refractivity contribution in [3.63, 3.8) is 0 Å². The smallest absolute Gasteiger partial charge is 0.246 e. The van der Waals surface area contributed by atoms with Gasteiger partial charge in [0.05, 0.1) is 36.3 Å². The molecule has 1 aliphatic heterocycles. The third-order valence-electron chi connectivity index (χ3n) is 4.58. The Morgan fingerprint density at radius 2 is 2.39 bits per heavy atom. The van der Waals surface area contributed by atoms with Gasteiger partial charge in [-0.1, -0.05) is 18.7 Å². The first kappa shape index (κ1) is 18.2. The summed E-state index contributed by atoms with van der Waals surface area (Å²) in [5.74, 6) is 0.863. The molecule has 9 nitrogen and oxygen atoms in total. The summed E-state index contributed by atoms with van der Waals surface area (Å²) in [6, 6.07) is 0. The quantitative estimate of drug-likeness (QED) is 0.753. The molecule has 1 saturated heterocycles. The van der Waals surface area contributed by atoms with E-state index in [4.69, 9.17) is 9.47 Å². The zero-order chi connectivity index (χ0) is 19.5. The zero-order valence-corrected chi connectivity index (χ0v) is 15.7. The number of hydrogen-bond acceptors (Lipinski definition) is 7. The van der Waals surface area contributed by atoms with E-state index in [1.807, 2.05) is 25.4 Å². The zero-order valence-electron chi connectivity index (χ0n) is 15.7. The highest BCUT2D eigenvalue weighted by Crippen LogP contribution is 2.28. The lowest BCUT2D eigenvalue weighted by Gasteiger charge is -2.32. The monoisotopic (exact) mass is 382 g/mol. The fourth-order valence-electron chi connectivity index (χ4n) is 3.21. The predicted molar refractivity (Wildman–Crippen MR) is 103 cm³/mol. The van der Waals surface area contributed by atoms with E-state index in [-0.39, 0.29) is 12.0 Å². The summed E-state index contributed by atoms with van der Waals surface area (Å²) in [5.41, 5.74) is 2.59. The van der Waals surface area contributed by atoms with Crippen molar-refractivity contribution in [2.75, 3.05) is 31.6 Å². The van der Waals surface area contributed by atoms with Gasteiger partial charge in [-0.05, 0) is 6.08 Å². The van der Waals surface area contributed by atoms with Crippen LogP contribution in [0.25, 0.3) is 6.08 Å². The largest absolute Gasteiger partial charge is 0.474 e. The van der Waals surface area contributed by atoms with E-state index in [1.165, 1.54) is 6.08 Å². The molecule has 1 atom stereocenters. The molecular weight excluding hydrogens is 360 g/mol. The molecule has 0 bridgehead atoms. The topological polar surface area (TPSA) is 94.4 Å². The first-order valence-electron chi connectivity index (χ1n) is 9.11. The molecule has 0 unspecified atom stereocenters. The Balaban J connectivity index is 1.47. The molecule has 9 heteroatoms. The van der Waals surface area contributed by atoms with Gasteiger partial charge in [0.15, 0.2) is 0 Å². The summed E-state index contributed by atoms with van der Waals surface area (Å²) in [6.45, 7) is 5.34. The van der Waals surface area contributed by atoms with Crippen LogP contribution in [0, 0.1) is 0 Å². The van der Waals surface area contributed by atoms with Gasteiger partial charge in [-0.3, -0.25) is 9.48 Å². The van der Waals surface area contributed by atoms with Crippen LogP contribution >= 0.6 is 0 Å². The van der Waals surface area contributed by atoms with Crippen molar-refractivity contribution >= 4 is 23.6 Å². The number of aromatic nitrogens is 4. The molecular formula is C19H22N6O3. The number of carbonyl (C=O) groups is 1. The van der Waals surface area contributed by atoms with Crippen LogP contribution in [0.2, 0.25) is 0 Å². The SMILES string of the molecule is C=CC(=O)N1CCO[C@@H](COc2nc(Nc3cnn(C)c3)nc3c2C=CC3)C1. The minimum atomic E-state index is -0.219. The van der Waals surface area contributed by atoms with Gasteiger partial charge in [-0.25, -0.2) is 4.98 Å². The van der Waals surface area contributed by atoms with E-state index < -0.39 is 0 Å². The number of amides is 1. The van der Waals surface area contributed by atoms with Crippen LogP contribution in [0.4, 0.5) is 11.6 Å². The Morgan fingerprint density at radius 1 is 1.50 bits per heavy atom. The molecule has 0 saturated carbocycles. The van der Waals surface area contributed by atoms with Crippen LogP contribution in [-0.2, 0) is 23.0 Å². The molecule has 0 radical (unpaired) electrons. The Labute approximate surface area is 162 Å². The van der Waals surface area contributed by atoms with Crippen molar-refractivity contribution in [2.24, 2.45) is 7.05 Å². The van der Waals surface area contributed by atoms with Gasteiger partial charge in [0.2, 0.25) is 17.7 Å². The third kappa shape index (κ3) is 3.89. The molecule has 1 N–H and O–H groups in total. The maximum absolute atomic E-state index is 11.8. The van der Waals surface area contributed by atoms with Crippen molar-refractivity contribution in [3.05, 3.63) is 42.4 Å². The van der Waals surface area contributed by atoms with E-state index >= 15 is 0 Å². The molecule has 1 aliphatic carbocycles. The lowest BCUT2D eigenvalue weighted by molar-refractivity contribution is -0.134. The number of hydrogen-bond donors (Lipinski definition) is 1. The van der Waals surface area contributed by atoms with Gasteiger partial charge < -0.3 is 19.7 Å². The number of anilines is 2. The average Bonchev–Trinajstić information content (AvgIpc) is 3.34. The van der Waals surface area contributed by atoms with E-state index in [0.717, 1.165) is 23.4 Å². The number of allylic oxidation sites excluding steroid dienone is 1. The molecule has 3 heterocycles. The van der Waals surface area contributed by atoms with Crippen molar-refractivity contribution in [3.8, 4) is 5.88 Å². The van der Waals surface area contributed by atoms with Gasteiger partial charge in [0.1, 0.15) is 12.7 Å². The second-order valence-corrected chi connectivity index (χ2v) is 6.64. The molecule has 2 aromatic rings. The highest BCUT2D eigenvalue weighted by atomic mass is 16.5. The summed E-state index contributed by atoms with van der Waals surface area (Å²) in [4.78, 5) is 22.6. The molecule has 2 aromatic heterocycles. The predicted octanol–water partition coefficient (Wildman–Crippen LogP) is 1.32. The Hall–Kier alpha value is -3.20.